The molecule has 3 heteroatoms. The molecule has 0 aliphatic rings. The molecule has 1 unspecified atom stereocenters. The number of methoxy groups -OCH3 is 1. The molecular weight excluding hydrogens is 214 g/mol. The van der Waals surface area contributed by atoms with Crippen molar-refractivity contribution in [1.29, 1.82) is 0 Å². The van der Waals surface area contributed by atoms with Gasteiger partial charge in [0.1, 0.15) is 6.23 Å². The van der Waals surface area contributed by atoms with Crippen LogP contribution in [0.3, 0.4) is 0 Å². The highest BCUT2D eigenvalue weighted by molar-refractivity contribution is 5.94. The van der Waals surface area contributed by atoms with Crippen LogP contribution in [0.25, 0.3) is 0 Å². The number of rotatable bonds is 3. The molecule has 0 fully saturated rings. The van der Waals surface area contributed by atoms with Crippen LogP contribution in [0.1, 0.15) is 38.1 Å². The molecule has 1 atom stereocenters. The van der Waals surface area contributed by atoms with Crippen molar-refractivity contribution in [2.24, 2.45) is 0 Å². The van der Waals surface area contributed by atoms with E-state index in [1.54, 1.807) is 12.0 Å². The van der Waals surface area contributed by atoms with Crippen molar-refractivity contribution in [3.8, 4) is 0 Å². The third-order valence-corrected chi connectivity index (χ3v) is 2.67. The van der Waals surface area contributed by atoms with Crippen molar-refractivity contribution in [3.05, 3.63) is 35.9 Å². The van der Waals surface area contributed by atoms with Gasteiger partial charge in [0.25, 0.3) is 5.91 Å². The first kappa shape index (κ1) is 13.7. The summed E-state index contributed by atoms with van der Waals surface area (Å²) in [6, 6.07) is 9.28. The molecule has 1 amide bonds. The van der Waals surface area contributed by atoms with Crippen molar-refractivity contribution in [2.75, 3.05) is 7.11 Å². The van der Waals surface area contributed by atoms with E-state index in [0.29, 0.717) is 5.56 Å². The molecular formula is C14H21NO2. The van der Waals surface area contributed by atoms with Crippen molar-refractivity contribution in [3.63, 3.8) is 0 Å². The topological polar surface area (TPSA) is 29.5 Å². The first-order chi connectivity index (χ1) is 7.88. The highest BCUT2D eigenvalue weighted by atomic mass is 16.5. The van der Waals surface area contributed by atoms with Gasteiger partial charge in [0.05, 0.1) is 0 Å². The molecule has 1 aromatic carbocycles. The third kappa shape index (κ3) is 3.30. The van der Waals surface area contributed by atoms with Gasteiger partial charge in [0.2, 0.25) is 0 Å². The Morgan fingerprint density at radius 1 is 1.24 bits per heavy atom. The summed E-state index contributed by atoms with van der Waals surface area (Å²) in [7, 11) is 1.61. The van der Waals surface area contributed by atoms with Crippen LogP contribution in [-0.2, 0) is 4.74 Å². The van der Waals surface area contributed by atoms with Crippen molar-refractivity contribution >= 4 is 5.91 Å². The lowest BCUT2D eigenvalue weighted by molar-refractivity contribution is -0.0453. The summed E-state index contributed by atoms with van der Waals surface area (Å²) in [6.07, 6.45) is -0.247. The maximum atomic E-state index is 12.4. The molecule has 0 aromatic heterocycles. The lowest BCUT2D eigenvalue weighted by atomic mass is 10.0. The summed E-state index contributed by atoms with van der Waals surface area (Å²) in [5.74, 6) is -0.00699. The summed E-state index contributed by atoms with van der Waals surface area (Å²) < 4.78 is 5.29. The van der Waals surface area contributed by atoms with Crippen LogP contribution >= 0.6 is 0 Å². The first-order valence-electron chi connectivity index (χ1n) is 5.79. The van der Waals surface area contributed by atoms with Crippen LogP contribution in [-0.4, -0.2) is 29.7 Å². The Hall–Kier alpha value is -1.35. The minimum atomic E-state index is -0.275. The molecule has 0 heterocycles. The monoisotopic (exact) mass is 235 g/mol. The Morgan fingerprint density at radius 2 is 1.76 bits per heavy atom. The normalized spacial score (nSPS) is 13.2. The zero-order valence-electron chi connectivity index (χ0n) is 11.2. The zero-order valence-corrected chi connectivity index (χ0v) is 11.2. The second-order valence-electron chi connectivity index (χ2n) is 5.05. The quantitative estimate of drug-likeness (QED) is 0.754. The molecule has 0 aliphatic heterocycles. The SMILES string of the molecule is COC(C)N(C(=O)c1ccccc1)C(C)(C)C. The van der Waals surface area contributed by atoms with Gasteiger partial charge in [-0.15, -0.1) is 0 Å². The maximum absolute atomic E-state index is 12.4. The summed E-state index contributed by atoms with van der Waals surface area (Å²) in [5.41, 5.74) is 0.411. The van der Waals surface area contributed by atoms with E-state index in [9.17, 15) is 4.79 Å². The van der Waals surface area contributed by atoms with E-state index in [1.165, 1.54) is 0 Å². The van der Waals surface area contributed by atoms with Crippen LogP contribution < -0.4 is 0 Å². The second-order valence-corrected chi connectivity index (χ2v) is 5.05. The molecule has 0 saturated heterocycles. The Bertz CT molecular complexity index is 368. The Labute approximate surface area is 103 Å². The van der Waals surface area contributed by atoms with Gasteiger partial charge < -0.3 is 9.64 Å². The summed E-state index contributed by atoms with van der Waals surface area (Å²) >= 11 is 0. The summed E-state index contributed by atoms with van der Waals surface area (Å²) in [5, 5.41) is 0. The molecule has 1 rings (SSSR count). The van der Waals surface area contributed by atoms with Crippen molar-refractivity contribution < 1.29 is 9.53 Å². The fourth-order valence-electron chi connectivity index (χ4n) is 1.84. The summed E-state index contributed by atoms with van der Waals surface area (Å²) in [4.78, 5) is 14.2. The van der Waals surface area contributed by atoms with E-state index in [2.05, 4.69) is 0 Å². The molecule has 0 saturated carbocycles. The predicted octanol–water partition coefficient (Wildman–Crippen LogP) is 2.92. The molecule has 0 radical (unpaired) electrons. The number of amides is 1. The minimum Gasteiger partial charge on any atom is -0.362 e. The zero-order chi connectivity index (χ0) is 13.1. The molecule has 94 valence electrons. The molecule has 0 N–H and O–H groups in total. The van der Waals surface area contributed by atoms with E-state index in [-0.39, 0.29) is 17.7 Å². The Morgan fingerprint density at radius 3 is 2.18 bits per heavy atom. The van der Waals surface area contributed by atoms with Crippen LogP contribution in [0, 0.1) is 0 Å². The van der Waals surface area contributed by atoms with Crippen LogP contribution in [0.15, 0.2) is 30.3 Å². The van der Waals surface area contributed by atoms with Gasteiger partial charge in [0.15, 0.2) is 0 Å². The number of ether oxygens (including phenoxy) is 1. The molecule has 0 bridgehead atoms. The van der Waals surface area contributed by atoms with Gasteiger partial charge in [-0.3, -0.25) is 4.79 Å². The smallest absolute Gasteiger partial charge is 0.256 e. The second kappa shape index (κ2) is 5.32. The van der Waals surface area contributed by atoms with E-state index in [4.69, 9.17) is 4.74 Å². The molecule has 0 aliphatic carbocycles. The molecule has 3 nitrogen and oxygen atoms in total. The molecule has 17 heavy (non-hydrogen) atoms. The number of benzene rings is 1. The van der Waals surface area contributed by atoms with Gasteiger partial charge in [-0.25, -0.2) is 0 Å². The van der Waals surface area contributed by atoms with Gasteiger partial charge in [-0.1, -0.05) is 18.2 Å². The highest BCUT2D eigenvalue weighted by Crippen LogP contribution is 2.20. The maximum Gasteiger partial charge on any atom is 0.256 e. The fraction of sp³-hybridized carbons (Fsp3) is 0.500. The third-order valence-electron chi connectivity index (χ3n) is 2.67. The van der Waals surface area contributed by atoms with E-state index >= 15 is 0 Å². The first-order valence-corrected chi connectivity index (χ1v) is 5.79. The lowest BCUT2D eigenvalue weighted by Gasteiger charge is -2.39. The van der Waals surface area contributed by atoms with E-state index in [0.717, 1.165) is 0 Å². The number of hydrogen-bond acceptors (Lipinski definition) is 2. The number of carbonyl (C=O) groups is 1. The Balaban J connectivity index is 3.04. The van der Waals surface area contributed by atoms with Crippen LogP contribution in [0.4, 0.5) is 0 Å². The predicted molar refractivity (Wildman–Crippen MR) is 68.8 cm³/mol. The van der Waals surface area contributed by atoms with Gasteiger partial charge in [0, 0.05) is 18.2 Å². The lowest BCUT2D eigenvalue weighted by Crippen LogP contribution is -2.51. The van der Waals surface area contributed by atoms with Crippen molar-refractivity contribution in [2.45, 2.75) is 39.5 Å². The average molecular weight is 235 g/mol. The van der Waals surface area contributed by atoms with E-state index in [1.807, 2.05) is 58.0 Å². The average Bonchev–Trinajstić information content (AvgIpc) is 2.28. The fourth-order valence-corrected chi connectivity index (χ4v) is 1.84. The number of hydrogen-bond donors (Lipinski definition) is 0. The van der Waals surface area contributed by atoms with Gasteiger partial charge >= 0.3 is 0 Å². The standard InChI is InChI=1S/C14H21NO2/c1-11(17-5)15(14(2,3)4)13(16)12-9-7-6-8-10-12/h6-11H,1-5H3. The molecule has 0 spiro atoms. The van der Waals surface area contributed by atoms with Crippen LogP contribution in [0.2, 0.25) is 0 Å². The minimum absolute atomic E-state index is 0.00699. The largest absolute Gasteiger partial charge is 0.362 e. The number of nitrogens with zero attached hydrogens (tertiary/aromatic N) is 1. The van der Waals surface area contributed by atoms with E-state index < -0.39 is 0 Å². The number of carbonyl (C=O) groups excluding carboxylic acids is 1. The van der Waals surface area contributed by atoms with Gasteiger partial charge in [-0.2, -0.15) is 0 Å². The van der Waals surface area contributed by atoms with Gasteiger partial charge in [-0.05, 0) is 39.8 Å². The summed E-state index contributed by atoms with van der Waals surface area (Å²) in [6.45, 7) is 7.89. The highest BCUT2D eigenvalue weighted by Gasteiger charge is 2.31. The van der Waals surface area contributed by atoms with Crippen LogP contribution in [0.5, 0.6) is 0 Å². The van der Waals surface area contributed by atoms with Crippen molar-refractivity contribution in [1.82, 2.24) is 4.90 Å². The Kier molecular flexibility index (Phi) is 4.29. The molecule has 1 aromatic rings.